The molecular weight excluding hydrogens is 684 g/mol. The standard InChI is InChI=1S/C41H66O12/c1-36(2)14-16-41(35(48)49)17-15-39(6)21(22(41)18-36)8-9-26-38(5)12-11-27(37(3,4)25(38)10-13-40(26,39)7)52-34-32(28(44)23(43)20-50-34)53-33-31(47)30(46)29(45)24(19-42)51-33/h8,22-34,42-47H,9-20H2,1-7H3,(H,48,49)/t22-,23+,24-,25?,26-,27+,28+,29-,30+,31-,32-,33-,34+,38+,39-,40-,41+/m1/s1. The highest BCUT2D eigenvalue weighted by Gasteiger charge is 2.69. The zero-order valence-corrected chi connectivity index (χ0v) is 32.7. The highest BCUT2D eigenvalue weighted by atomic mass is 16.8. The third kappa shape index (κ3) is 5.94. The fourth-order valence-corrected chi connectivity index (χ4v) is 13.4. The SMILES string of the molecule is CC1(C)CC[C@]2(C(=O)O)CC[C@]3(C)C(=CC[C@@H]4[C@@]5(C)CC[C@H](O[C@@H]6OC[C@H](O)[C@H](O)[C@H]6O[C@H]6O[C@H](CO)[C@@H](O)[C@H](O)[C@H]6O)C(C)(C)C5CC[C@]43C)[C@H]2C1. The maximum Gasteiger partial charge on any atom is 0.310 e. The quantitative estimate of drug-likeness (QED) is 0.155. The van der Waals surface area contributed by atoms with Gasteiger partial charge in [-0.3, -0.25) is 4.79 Å². The highest BCUT2D eigenvalue weighted by Crippen LogP contribution is 2.76. The normalized spacial score (nSPS) is 53.3. The fourth-order valence-electron chi connectivity index (χ4n) is 13.4. The summed E-state index contributed by atoms with van der Waals surface area (Å²) in [7, 11) is 0. The predicted octanol–water partition coefficient (Wildman–Crippen LogP) is 3.52. The molecular formula is C41H66O12. The first-order valence-electron chi connectivity index (χ1n) is 20.2. The molecule has 0 bridgehead atoms. The Morgan fingerprint density at radius 1 is 0.811 bits per heavy atom. The molecule has 12 heteroatoms. The van der Waals surface area contributed by atoms with Crippen molar-refractivity contribution in [2.45, 2.75) is 174 Å². The topological polar surface area (TPSA) is 196 Å². The summed E-state index contributed by atoms with van der Waals surface area (Å²) < 4.78 is 24.3. The minimum atomic E-state index is -1.69. The molecule has 0 spiro atoms. The van der Waals surface area contributed by atoms with Gasteiger partial charge in [-0.05, 0) is 109 Å². The van der Waals surface area contributed by atoms with Crippen molar-refractivity contribution in [1.82, 2.24) is 0 Å². The second kappa shape index (κ2) is 13.5. The van der Waals surface area contributed by atoms with Crippen molar-refractivity contribution in [3.8, 4) is 0 Å². The Balaban J connectivity index is 1.13. The zero-order chi connectivity index (χ0) is 38.7. The van der Waals surface area contributed by atoms with Crippen molar-refractivity contribution in [1.29, 1.82) is 0 Å². The van der Waals surface area contributed by atoms with E-state index < -0.39 is 73.3 Å². The molecule has 0 amide bonds. The van der Waals surface area contributed by atoms with Crippen LogP contribution in [0.2, 0.25) is 0 Å². The van der Waals surface area contributed by atoms with Gasteiger partial charge >= 0.3 is 5.97 Å². The lowest BCUT2D eigenvalue weighted by Gasteiger charge is -2.71. The Hall–Kier alpha value is -1.19. The van der Waals surface area contributed by atoms with Crippen LogP contribution >= 0.6 is 0 Å². The Morgan fingerprint density at radius 3 is 2.19 bits per heavy atom. The molecule has 4 saturated carbocycles. The minimum Gasteiger partial charge on any atom is -0.481 e. The number of hydrogen-bond acceptors (Lipinski definition) is 11. The summed E-state index contributed by atoms with van der Waals surface area (Å²) in [4.78, 5) is 13.0. The van der Waals surface area contributed by atoms with Crippen molar-refractivity contribution in [3.05, 3.63) is 11.6 Å². The van der Waals surface area contributed by atoms with Crippen LogP contribution in [-0.4, -0.2) is 116 Å². The van der Waals surface area contributed by atoms with Gasteiger partial charge in [-0.25, -0.2) is 0 Å². The van der Waals surface area contributed by atoms with E-state index in [1.54, 1.807) is 0 Å². The van der Waals surface area contributed by atoms with Gasteiger partial charge in [-0.15, -0.1) is 0 Å². The minimum absolute atomic E-state index is 0.00935. The van der Waals surface area contributed by atoms with Crippen LogP contribution in [-0.2, 0) is 23.7 Å². The van der Waals surface area contributed by atoms with Gasteiger partial charge in [0, 0.05) is 0 Å². The molecule has 302 valence electrons. The maximum absolute atomic E-state index is 13.0. The number of aliphatic hydroxyl groups is 6. The Kier molecular flexibility index (Phi) is 10.2. The van der Waals surface area contributed by atoms with E-state index >= 15 is 0 Å². The van der Waals surface area contributed by atoms with Gasteiger partial charge in [0.1, 0.15) is 42.7 Å². The highest BCUT2D eigenvalue weighted by molar-refractivity contribution is 5.76. The van der Waals surface area contributed by atoms with Crippen LogP contribution in [0.5, 0.6) is 0 Å². The monoisotopic (exact) mass is 750 g/mol. The van der Waals surface area contributed by atoms with Crippen molar-refractivity contribution in [2.24, 2.45) is 50.2 Å². The third-order valence-electron chi connectivity index (χ3n) is 16.9. The van der Waals surface area contributed by atoms with Gasteiger partial charge in [-0.2, -0.15) is 0 Å². The van der Waals surface area contributed by atoms with Crippen LogP contribution in [0.4, 0.5) is 0 Å². The number of allylic oxidation sites excluding steroid dienone is 2. The van der Waals surface area contributed by atoms with Gasteiger partial charge in [0.15, 0.2) is 12.6 Å². The Labute approximate surface area is 314 Å². The zero-order valence-electron chi connectivity index (χ0n) is 32.7. The first-order valence-corrected chi connectivity index (χ1v) is 20.2. The van der Waals surface area contributed by atoms with E-state index in [0.29, 0.717) is 11.8 Å². The van der Waals surface area contributed by atoms with Crippen LogP contribution in [0.25, 0.3) is 0 Å². The number of carboxylic acids is 1. The van der Waals surface area contributed by atoms with Gasteiger partial charge < -0.3 is 54.7 Å². The number of carboxylic acid groups (broad SMARTS) is 1. The number of hydrogen-bond donors (Lipinski definition) is 7. The molecule has 0 aromatic carbocycles. The molecule has 0 aromatic rings. The Bertz CT molecular complexity index is 1430. The summed E-state index contributed by atoms with van der Waals surface area (Å²) in [5.41, 5.74) is 0.450. The molecule has 5 aliphatic carbocycles. The van der Waals surface area contributed by atoms with Crippen molar-refractivity contribution in [3.63, 3.8) is 0 Å². The van der Waals surface area contributed by atoms with Crippen LogP contribution in [0.1, 0.15) is 113 Å². The van der Waals surface area contributed by atoms with E-state index in [1.807, 2.05) is 0 Å². The number of aliphatic carboxylic acids is 1. The molecule has 7 aliphatic rings. The van der Waals surface area contributed by atoms with Crippen molar-refractivity contribution in [2.75, 3.05) is 13.2 Å². The lowest BCUT2D eigenvalue weighted by Crippen LogP contribution is -2.66. The maximum atomic E-state index is 13.0. The Morgan fingerprint density at radius 2 is 1.51 bits per heavy atom. The molecule has 53 heavy (non-hydrogen) atoms. The molecule has 2 heterocycles. The van der Waals surface area contributed by atoms with Crippen molar-refractivity contribution >= 4 is 5.97 Å². The average Bonchev–Trinajstić information content (AvgIpc) is 3.08. The first-order chi connectivity index (χ1) is 24.7. The van der Waals surface area contributed by atoms with E-state index in [4.69, 9.17) is 18.9 Å². The summed E-state index contributed by atoms with van der Waals surface area (Å²) in [5.74, 6) is 0.147. The fraction of sp³-hybridized carbons (Fsp3) is 0.927. The van der Waals surface area contributed by atoms with Crippen LogP contribution in [0, 0.1) is 50.2 Å². The molecule has 2 saturated heterocycles. The molecule has 0 radical (unpaired) electrons. The van der Waals surface area contributed by atoms with E-state index in [9.17, 15) is 40.5 Å². The van der Waals surface area contributed by atoms with Crippen molar-refractivity contribution < 1.29 is 59.5 Å². The van der Waals surface area contributed by atoms with Crippen LogP contribution in [0.15, 0.2) is 11.6 Å². The van der Waals surface area contributed by atoms with Gasteiger partial charge in [0.05, 0.1) is 24.7 Å². The first kappa shape index (κ1) is 40.0. The molecule has 7 N–H and O–H groups in total. The largest absolute Gasteiger partial charge is 0.481 e. The summed E-state index contributed by atoms with van der Waals surface area (Å²) in [6, 6.07) is 0. The molecule has 12 nitrogen and oxygen atoms in total. The number of rotatable bonds is 6. The molecule has 6 fully saturated rings. The summed E-state index contributed by atoms with van der Waals surface area (Å²) in [6.07, 6.45) is -1.79. The molecule has 2 aliphatic heterocycles. The summed E-state index contributed by atoms with van der Waals surface area (Å²) >= 11 is 0. The summed E-state index contributed by atoms with van der Waals surface area (Å²) in [6.45, 7) is 15.7. The lowest BCUT2D eigenvalue weighted by molar-refractivity contribution is -0.367. The molecule has 1 unspecified atom stereocenters. The number of aliphatic hydroxyl groups excluding tert-OH is 6. The second-order valence-corrected chi connectivity index (χ2v) is 20.2. The van der Waals surface area contributed by atoms with E-state index in [2.05, 4.69) is 54.5 Å². The predicted molar refractivity (Wildman–Crippen MR) is 192 cm³/mol. The molecule has 0 aromatic heterocycles. The summed E-state index contributed by atoms with van der Waals surface area (Å²) in [5, 5.41) is 73.3. The molecule has 17 atom stereocenters. The third-order valence-corrected chi connectivity index (χ3v) is 16.9. The number of carbonyl (C=O) groups is 1. The average molecular weight is 751 g/mol. The van der Waals surface area contributed by atoms with Crippen LogP contribution in [0.3, 0.4) is 0 Å². The van der Waals surface area contributed by atoms with Gasteiger partial charge in [0.25, 0.3) is 0 Å². The van der Waals surface area contributed by atoms with E-state index in [0.717, 1.165) is 64.2 Å². The number of ether oxygens (including phenoxy) is 4. The lowest BCUT2D eigenvalue weighted by atomic mass is 9.33. The van der Waals surface area contributed by atoms with Crippen LogP contribution < -0.4 is 0 Å². The van der Waals surface area contributed by atoms with Gasteiger partial charge in [0.2, 0.25) is 0 Å². The van der Waals surface area contributed by atoms with E-state index in [-0.39, 0.29) is 45.7 Å². The van der Waals surface area contributed by atoms with Gasteiger partial charge in [-0.1, -0.05) is 60.1 Å². The smallest absolute Gasteiger partial charge is 0.310 e. The molecule has 7 rings (SSSR count). The second-order valence-electron chi connectivity index (χ2n) is 20.2. The number of fused-ring (bicyclic) bond motifs is 7. The van der Waals surface area contributed by atoms with E-state index in [1.165, 1.54) is 5.57 Å².